The maximum Gasteiger partial charge on any atom is 0.469 e. The zero-order chi connectivity index (χ0) is 35.2. The number of aliphatic hydroxyl groups is 2. The van der Waals surface area contributed by atoms with Crippen LogP contribution in [0.2, 0.25) is 0 Å². The lowest BCUT2D eigenvalue weighted by Gasteiger charge is -2.18. The number of rotatable bonds is 33. The van der Waals surface area contributed by atoms with Crippen LogP contribution in [0.1, 0.15) is 168 Å². The fourth-order valence-electron chi connectivity index (χ4n) is 5.23. The van der Waals surface area contributed by atoms with Gasteiger partial charge in [-0.15, -0.1) is 0 Å². The summed E-state index contributed by atoms with van der Waals surface area (Å²) >= 11 is 0. The third kappa shape index (κ3) is 33.0. The maximum atomic E-state index is 12.4. The van der Waals surface area contributed by atoms with Gasteiger partial charge in [0.2, 0.25) is 0 Å². The molecule has 0 radical (unpaired) electrons. The summed E-state index contributed by atoms with van der Waals surface area (Å²) in [6.07, 6.45) is 22.6. The van der Waals surface area contributed by atoms with E-state index in [9.17, 15) is 24.4 Å². The molecule has 0 rings (SSSR count). The number of carbonyl (C=O) groups is 2. The molecule has 3 atom stereocenters. The molecule has 0 saturated heterocycles. The Morgan fingerprint density at radius 3 is 1.74 bits per heavy atom. The van der Waals surface area contributed by atoms with Gasteiger partial charge in [-0.25, -0.2) is 4.57 Å². The summed E-state index contributed by atoms with van der Waals surface area (Å²) in [5.74, 6) is -0.217. The Balaban J connectivity index is 4.11. The molecule has 0 aromatic rings. The van der Waals surface area contributed by atoms with Crippen LogP contribution in [0.5, 0.6) is 0 Å². The quantitative estimate of drug-likeness (QED) is 0.0227. The van der Waals surface area contributed by atoms with Crippen molar-refractivity contribution in [2.24, 2.45) is 5.92 Å². The van der Waals surface area contributed by atoms with Crippen molar-refractivity contribution in [2.75, 3.05) is 13.2 Å². The first-order chi connectivity index (χ1) is 22.4. The number of hydrogen-bond donors (Lipinski definition) is 4. The van der Waals surface area contributed by atoms with Gasteiger partial charge < -0.3 is 29.5 Å². The molecule has 0 aromatic heterocycles. The Morgan fingerprint density at radius 1 is 0.660 bits per heavy atom. The highest BCUT2D eigenvalue weighted by Crippen LogP contribution is 2.36. The van der Waals surface area contributed by atoms with Gasteiger partial charge in [0.15, 0.2) is 6.10 Å². The van der Waals surface area contributed by atoms with Crippen molar-refractivity contribution < 1.29 is 48.2 Å². The molecule has 0 unspecified atom stereocenters. The maximum absolute atomic E-state index is 12.4. The van der Waals surface area contributed by atoms with Gasteiger partial charge in [0, 0.05) is 12.8 Å². The molecule has 4 N–H and O–H groups in total. The fraction of sp³-hybridized carbons (Fsp3) is 0.889. The van der Waals surface area contributed by atoms with E-state index in [1.54, 1.807) is 0 Å². The molecule has 0 aliphatic heterocycles. The van der Waals surface area contributed by atoms with E-state index in [1.807, 2.05) is 6.08 Å². The second-order valence-electron chi connectivity index (χ2n) is 13.3. The number of aliphatic hydroxyl groups excluding tert-OH is 2. The van der Waals surface area contributed by atoms with E-state index in [1.165, 1.54) is 51.4 Å². The van der Waals surface area contributed by atoms with Crippen LogP contribution in [0, 0.1) is 5.92 Å². The molecule has 10 nitrogen and oxygen atoms in total. The van der Waals surface area contributed by atoms with Gasteiger partial charge in [0.1, 0.15) is 6.61 Å². The molecule has 0 fully saturated rings. The number of esters is 2. The van der Waals surface area contributed by atoms with E-state index in [0.29, 0.717) is 25.7 Å². The van der Waals surface area contributed by atoms with Crippen molar-refractivity contribution in [3.63, 3.8) is 0 Å². The first-order valence-corrected chi connectivity index (χ1v) is 20.0. The monoisotopic (exact) mass is 692 g/mol. The van der Waals surface area contributed by atoms with E-state index < -0.39 is 44.7 Å². The van der Waals surface area contributed by atoms with Crippen LogP contribution in [-0.2, 0) is 28.2 Å². The first kappa shape index (κ1) is 45.7. The minimum Gasteiger partial charge on any atom is -0.462 e. The van der Waals surface area contributed by atoms with Crippen molar-refractivity contribution in [1.29, 1.82) is 0 Å². The molecule has 278 valence electrons. The van der Waals surface area contributed by atoms with Crippen molar-refractivity contribution in [1.82, 2.24) is 0 Å². The van der Waals surface area contributed by atoms with E-state index in [-0.39, 0.29) is 19.4 Å². The predicted molar refractivity (Wildman–Crippen MR) is 187 cm³/mol. The van der Waals surface area contributed by atoms with Crippen molar-refractivity contribution in [3.8, 4) is 0 Å². The molecule has 0 aliphatic carbocycles. The highest BCUT2D eigenvalue weighted by atomic mass is 31.2. The number of phosphoric acid groups is 1. The van der Waals surface area contributed by atoms with Crippen LogP contribution in [-0.4, -0.2) is 63.5 Å². The average Bonchev–Trinajstić information content (AvgIpc) is 3.01. The van der Waals surface area contributed by atoms with Gasteiger partial charge in [0.05, 0.1) is 18.8 Å². The summed E-state index contributed by atoms with van der Waals surface area (Å²) in [6.45, 7) is 5.77. The highest BCUT2D eigenvalue weighted by molar-refractivity contribution is 7.46. The molecule has 0 heterocycles. The van der Waals surface area contributed by atoms with Crippen LogP contribution in [0.3, 0.4) is 0 Å². The minimum atomic E-state index is -4.78. The van der Waals surface area contributed by atoms with Gasteiger partial charge in [-0.05, 0) is 44.4 Å². The van der Waals surface area contributed by atoms with Crippen LogP contribution >= 0.6 is 7.82 Å². The summed E-state index contributed by atoms with van der Waals surface area (Å²) in [5.41, 5.74) is 0. The average molecular weight is 693 g/mol. The number of allylic oxidation sites excluding steroid dienone is 1. The van der Waals surface area contributed by atoms with E-state index in [2.05, 4.69) is 31.4 Å². The van der Waals surface area contributed by atoms with Gasteiger partial charge in [-0.3, -0.25) is 14.1 Å². The molecule has 0 amide bonds. The van der Waals surface area contributed by atoms with E-state index in [4.69, 9.17) is 19.3 Å². The fourth-order valence-corrected chi connectivity index (χ4v) is 5.59. The Kier molecular flexibility index (Phi) is 29.9. The molecule has 0 saturated carbocycles. The molecule has 47 heavy (non-hydrogen) atoms. The summed E-state index contributed by atoms with van der Waals surface area (Å²) in [4.78, 5) is 42.6. The molecule has 0 spiro atoms. The van der Waals surface area contributed by atoms with Crippen LogP contribution in [0.15, 0.2) is 12.2 Å². The lowest BCUT2D eigenvalue weighted by Crippen LogP contribution is -2.29. The van der Waals surface area contributed by atoms with E-state index >= 15 is 0 Å². The Morgan fingerprint density at radius 2 is 1.19 bits per heavy atom. The van der Waals surface area contributed by atoms with Gasteiger partial charge >= 0.3 is 19.8 Å². The topological polar surface area (TPSA) is 160 Å². The summed E-state index contributed by atoms with van der Waals surface area (Å²) in [5, 5.41) is 20.3. The molecule has 0 aromatic carbocycles. The predicted octanol–water partition coefficient (Wildman–Crippen LogP) is 8.48. The summed E-state index contributed by atoms with van der Waals surface area (Å²) < 4.78 is 26.2. The molecule has 11 heteroatoms. The summed E-state index contributed by atoms with van der Waals surface area (Å²) in [7, 11) is -4.78. The Bertz CT molecular complexity index is 829. The third-order valence-electron chi connectivity index (χ3n) is 8.16. The summed E-state index contributed by atoms with van der Waals surface area (Å²) in [6, 6.07) is 0. The number of carbonyl (C=O) groups excluding carboxylic acids is 2. The number of ether oxygens (including phenoxy) is 2. The molecule has 0 bridgehead atoms. The van der Waals surface area contributed by atoms with E-state index in [0.717, 1.165) is 63.7 Å². The highest BCUT2D eigenvalue weighted by Gasteiger charge is 2.23. The first-order valence-electron chi connectivity index (χ1n) is 18.5. The lowest BCUT2D eigenvalue weighted by molar-refractivity contribution is -0.161. The second-order valence-corrected chi connectivity index (χ2v) is 14.6. The lowest BCUT2D eigenvalue weighted by atomic mass is 10.0. The van der Waals surface area contributed by atoms with Gasteiger partial charge in [0.25, 0.3) is 0 Å². The molecular weight excluding hydrogens is 623 g/mol. The van der Waals surface area contributed by atoms with Gasteiger partial charge in [-0.2, -0.15) is 0 Å². The smallest absolute Gasteiger partial charge is 0.462 e. The van der Waals surface area contributed by atoms with Crippen LogP contribution in [0.25, 0.3) is 0 Å². The Hall–Kier alpha value is -1.29. The van der Waals surface area contributed by atoms with Crippen molar-refractivity contribution in [2.45, 2.75) is 187 Å². The SMILES string of the molecule is CCCCC/C=C\C[C@H](O)[C@@H](O)CCCCCCCC(=O)O[C@H](COC(=O)CCCCCCCCCCCC(C)C)COP(=O)(O)O. The number of phosphoric ester groups is 1. The van der Waals surface area contributed by atoms with Gasteiger partial charge in [-0.1, -0.05) is 129 Å². The Labute approximate surface area is 285 Å². The number of unbranched alkanes of at least 4 members (excludes halogenated alkanes) is 15. The number of hydrogen-bond acceptors (Lipinski definition) is 8. The van der Waals surface area contributed by atoms with Crippen LogP contribution in [0.4, 0.5) is 0 Å². The van der Waals surface area contributed by atoms with Crippen molar-refractivity contribution >= 4 is 19.8 Å². The normalized spacial score (nSPS) is 14.0. The largest absolute Gasteiger partial charge is 0.469 e. The zero-order valence-electron chi connectivity index (χ0n) is 29.8. The zero-order valence-corrected chi connectivity index (χ0v) is 30.7. The molecular formula is C36H69O10P. The van der Waals surface area contributed by atoms with Crippen molar-refractivity contribution in [3.05, 3.63) is 12.2 Å². The second kappa shape index (κ2) is 30.7. The molecule has 0 aliphatic rings. The third-order valence-corrected chi connectivity index (χ3v) is 8.65. The minimum absolute atomic E-state index is 0.115. The van der Waals surface area contributed by atoms with Crippen LogP contribution < -0.4 is 0 Å². The standard InChI is InChI=1S/C36H69O10P/c1-4-5-6-7-15-20-25-33(37)34(38)26-21-16-13-18-23-28-36(40)46-32(30-45-47(41,42)43)29-44-35(39)27-22-17-12-10-8-9-11-14-19-24-31(2)3/h15,20,31-34,37-38H,4-14,16-19,21-30H2,1-3H3,(H2,41,42,43)/b20-15-/t32-,33+,34+/m1/s1.